The summed E-state index contributed by atoms with van der Waals surface area (Å²) in [6, 6.07) is 13.2. The maximum atomic E-state index is 13.2. The van der Waals surface area contributed by atoms with Crippen molar-refractivity contribution in [3.8, 4) is 0 Å². The van der Waals surface area contributed by atoms with Crippen molar-refractivity contribution in [3.05, 3.63) is 63.8 Å². The molecule has 2 aromatic carbocycles. The minimum atomic E-state index is -0.125. The van der Waals surface area contributed by atoms with E-state index < -0.39 is 0 Å². The van der Waals surface area contributed by atoms with Crippen LogP contribution in [0, 0.1) is 5.41 Å². The summed E-state index contributed by atoms with van der Waals surface area (Å²) in [6.45, 7) is 7.77. The highest BCUT2D eigenvalue weighted by Gasteiger charge is 2.27. The molecule has 0 aliphatic carbocycles. The van der Waals surface area contributed by atoms with Crippen LogP contribution in [0.5, 0.6) is 0 Å². The molecule has 166 valence electrons. The SMILES string of the molecule is CCCCC(CC)(CC)CNC(=O)c1nn(Cc2ccc(Cl)cc2Cl)c2ccccc12. The summed E-state index contributed by atoms with van der Waals surface area (Å²) in [6.07, 6.45) is 5.57. The molecule has 0 fully saturated rings. The van der Waals surface area contributed by atoms with Crippen LogP contribution in [-0.4, -0.2) is 22.2 Å². The van der Waals surface area contributed by atoms with Crippen LogP contribution in [0.2, 0.25) is 10.0 Å². The molecule has 0 saturated heterocycles. The number of nitrogens with zero attached hydrogens (tertiary/aromatic N) is 2. The third kappa shape index (κ3) is 5.42. The Morgan fingerprint density at radius 1 is 1.10 bits per heavy atom. The zero-order valence-corrected chi connectivity index (χ0v) is 20.1. The summed E-state index contributed by atoms with van der Waals surface area (Å²) in [5.41, 5.74) is 2.40. The molecule has 1 N–H and O–H groups in total. The fourth-order valence-corrected chi connectivity index (χ4v) is 4.54. The molecule has 3 aromatic rings. The van der Waals surface area contributed by atoms with Crippen LogP contribution in [0.1, 0.15) is 68.9 Å². The molecule has 0 aliphatic heterocycles. The summed E-state index contributed by atoms with van der Waals surface area (Å²) >= 11 is 12.4. The third-order valence-electron chi connectivity index (χ3n) is 6.39. The maximum Gasteiger partial charge on any atom is 0.272 e. The van der Waals surface area contributed by atoms with E-state index in [0.29, 0.717) is 28.8 Å². The normalized spacial score (nSPS) is 11.8. The number of para-hydroxylation sites is 1. The smallest absolute Gasteiger partial charge is 0.272 e. The molecule has 1 aromatic heterocycles. The fraction of sp³-hybridized carbons (Fsp3) is 0.440. The van der Waals surface area contributed by atoms with Gasteiger partial charge in [0, 0.05) is 22.0 Å². The van der Waals surface area contributed by atoms with Gasteiger partial charge in [-0.2, -0.15) is 5.10 Å². The number of aromatic nitrogens is 2. The quantitative estimate of drug-likeness (QED) is 0.350. The molecule has 0 unspecified atom stereocenters. The molecule has 31 heavy (non-hydrogen) atoms. The summed E-state index contributed by atoms with van der Waals surface area (Å²) in [5, 5.41) is 9.88. The van der Waals surface area contributed by atoms with E-state index in [9.17, 15) is 4.79 Å². The van der Waals surface area contributed by atoms with Crippen LogP contribution >= 0.6 is 23.2 Å². The van der Waals surface area contributed by atoms with Gasteiger partial charge in [0.15, 0.2) is 5.69 Å². The van der Waals surface area contributed by atoms with Crippen LogP contribution in [0.4, 0.5) is 0 Å². The Morgan fingerprint density at radius 3 is 2.52 bits per heavy atom. The van der Waals surface area contributed by atoms with Gasteiger partial charge in [-0.25, -0.2) is 0 Å². The molecule has 0 saturated carbocycles. The zero-order chi connectivity index (χ0) is 22.4. The number of halogens is 2. The van der Waals surface area contributed by atoms with E-state index in [2.05, 4.69) is 31.2 Å². The van der Waals surface area contributed by atoms with E-state index in [1.54, 1.807) is 6.07 Å². The lowest BCUT2D eigenvalue weighted by Crippen LogP contribution is -2.37. The fourth-order valence-electron chi connectivity index (χ4n) is 4.07. The molecule has 0 radical (unpaired) electrons. The molecular weight excluding hydrogens is 429 g/mol. The van der Waals surface area contributed by atoms with Crippen molar-refractivity contribution in [1.82, 2.24) is 15.1 Å². The van der Waals surface area contributed by atoms with Crippen LogP contribution in [0.15, 0.2) is 42.5 Å². The molecule has 0 atom stereocenters. The monoisotopic (exact) mass is 459 g/mol. The van der Waals surface area contributed by atoms with Crippen LogP contribution in [0.3, 0.4) is 0 Å². The van der Waals surface area contributed by atoms with E-state index in [1.165, 1.54) is 6.42 Å². The van der Waals surface area contributed by atoms with Gasteiger partial charge in [0.1, 0.15) is 0 Å². The number of rotatable bonds is 10. The number of fused-ring (bicyclic) bond motifs is 1. The Bertz CT molecular complexity index is 1040. The summed E-state index contributed by atoms with van der Waals surface area (Å²) < 4.78 is 1.84. The van der Waals surface area contributed by atoms with Crippen LogP contribution in [-0.2, 0) is 6.54 Å². The standard InChI is InChI=1S/C25H31Cl2N3O/c1-4-7-14-25(5-2,6-3)17-28-24(31)23-20-10-8-9-11-22(20)30(29-23)16-18-12-13-19(26)15-21(18)27/h8-13,15H,4-7,14,16-17H2,1-3H3,(H,28,31). The lowest BCUT2D eigenvalue weighted by atomic mass is 9.78. The van der Waals surface area contributed by atoms with Crippen molar-refractivity contribution in [3.63, 3.8) is 0 Å². The number of carbonyl (C=O) groups is 1. The Hall–Kier alpha value is -2.04. The Morgan fingerprint density at radius 2 is 1.84 bits per heavy atom. The minimum Gasteiger partial charge on any atom is -0.350 e. The molecule has 6 heteroatoms. The lowest BCUT2D eigenvalue weighted by Gasteiger charge is -2.32. The first kappa shape index (κ1) is 23.6. The minimum absolute atomic E-state index is 0.125. The molecule has 0 bridgehead atoms. The third-order valence-corrected chi connectivity index (χ3v) is 6.98. The molecule has 0 spiro atoms. The Kier molecular flexibility index (Phi) is 8.01. The molecule has 3 rings (SSSR count). The topological polar surface area (TPSA) is 46.9 Å². The number of unbranched alkanes of at least 4 members (excludes halogenated alkanes) is 1. The van der Waals surface area contributed by atoms with Gasteiger partial charge in [0.2, 0.25) is 0 Å². The first-order chi connectivity index (χ1) is 14.9. The Labute approximate surface area is 194 Å². The number of benzene rings is 2. The molecule has 4 nitrogen and oxygen atoms in total. The van der Waals surface area contributed by atoms with Gasteiger partial charge < -0.3 is 5.32 Å². The molecular formula is C25H31Cl2N3O. The van der Waals surface area contributed by atoms with Crippen molar-refractivity contribution in [2.75, 3.05) is 6.54 Å². The predicted molar refractivity (Wildman–Crippen MR) is 130 cm³/mol. The van der Waals surface area contributed by atoms with Gasteiger partial charge in [-0.05, 0) is 48.4 Å². The molecule has 0 aliphatic rings. The average molecular weight is 460 g/mol. The van der Waals surface area contributed by atoms with Gasteiger partial charge in [-0.15, -0.1) is 0 Å². The van der Waals surface area contributed by atoms with Crippen molar-refractivity contribution in [2.45, 2.75) is 59.4 Å². The summed E-state index contributed by atoms with van der Waals surface area (Å²) in [4.78, 5) is 13.2. The van der Waals surface area contributed by atoms with Gasteiger partial charge in [0.05, 0.1) is 12.1 Å². The summed E-state index contributed by atoms with van der Waals surface area (Å²) in [5.74, 6) is -0.125. The maximum absolute atomic E-state index is 13.2. The van der Waals surface area contributed by atoms with E-state index in [0.717, 1.165) is 42.1 Å². The van der Waals surface area contributed by atoms with Crippen molar-refractivity contribution < 1.29 is 4.79 Å². The molecule has 1 amide bonds. The zero-order valence-electron chi connectivity index (χ0n) is 18.5. The number of amides is 1. The number of hydrogen-bond acceptors (Lipinski definition) is 2. The van der Waals surface area contributed by atoms with Gasteiger partial charge in [0.25, 0.3) is 5.91 Å². The van der Waals surface area contributed by atoms with Gasteiger partial charge >= 0.3 is 0 Å². The van der Waals surface area contributed by atoms with E-state index in [-0.39, 0.29) is 11.3 Å². The number of carbonyl (C=O) groups excluding carboxylic acids is 1. The highest BCUT2D eigenvalue weighted by molar-refractivity contribution is 6.35. The van der Waals surface area contributed by atoms with Crippen molar-refractivity contribution in [2.24, 2.45) is 5.41 Å². The van der Waals surface area contributed by atoms with Crippen LogP contribution < -0.4 is 5.32 Å². The number of nitrogens with one attached hydrogen (secondary N) is 1. The van der Waals surface area contributed by atoms with Crippen molar-refractivity contribution >= 4 is 40.0 Å². The first-order valence-corrected chi connectivity index (χ1v) is 11.9. The van der Waals surface area contributed by atoms with E-state index in [1.807, 2.05) is 41.1 Å². The second-order valence-electron chi connectivity index (χ2n) is 8.25. The van der Waals surface area contributed by atoms with E-state index >= 15 is 0 Å². The van der Waals surface area contributed by atoms with Crippen molar-refractivity contribution in [1.29, 1.82) is 0 Å². The second-order valence-corrected chi connectivity index (χ2v) is 9.10. The Balaban J connectivity index is 1.86. The second kappa shape index (κ2) is 10.5. The lowest BCUT2D eigenvalue weighted by molar-refractivity contribution is 0.0916. The molecule has 1 heterocycles. The highest BCUT2D eigenvalue weighted by Crippen LogP contribution is 2.32. The summed E-state index contributed by atoms with van der Waals surface area (Å²) in [7, 11) is 0. The van der Waals surface area contributed by atoms with Crippen LogP contribution in [0.25, 0.3) is 10.9 Å². The van der Waals surface area contributed by atoms with Gasteiger partial charge in [-0.1, -0.05) is 81.1 Å². The largest absolute Gasteiger partial charge is 0.350 e. The highest BCUT2D eigenvalue weighted by atomic mass is 35.5. The first-order valence-electron chi connectivity index (χ1n) is 11.1. The van der Waals surface area contributed by atoms with E-state index in [4.69, 9.17) is 23.2 Å². The average Bonchev–Trinajstić information content (AvgIpc) is 3.15. The number of hydrogen-bond donors (Lipinski definition) is 1. The predicted octanol–water partition coefficient (Wildman–Crippen LogP) is 7.12. The van der Waals surface area contributed by atoms with Gasteiger partial charge in [-0.3, -0.25) is 9.48 Å².